The number of para-hydroxylation sites is 1. The molecule has 1 unspecified atom stereocenters. The van der Waals surface area contributed by atoms with Gasteiger partial charge in [-0.05, 0) is 25.0 Å². The van der Waals surface area contributed by atoms with Crippen molar-refractivity contribution in [2.24, 2.45) is 0 Å². The third-order valence-corrected chi connectivity index (χ3v) is 3.00. The van der Waals surface area contributed by atoms with Crippen molar-refractivity contribution in [3.05, 3.63) is 29.8 Å². The van der Waals surface area contributed by atoms with Crippen molar-refractivity contribution in [2.45, 2.75) is 26.7 Å². The minimum absolute atomic E-state index is 0.232. The molecule has 0 aromatic heterocycles. The molecule has 4 nitrogen and oxygen atoms in total. The molecule has 1 aromatic carbocycles. The van der Waals surface area contributed by atoms with Gasteiger partial charge in [-0.15, -0.1) is 0 Å². The molecule has 0 radical (unpaired) electrons. The largest absolute Gasteiger partial charge is 0.527 e. The maximum Gasteiger partial charge on any atom is 0.527 e. The van der Waals surface area contributed by atoms with Crippen LogP contribution in [-0.4, -0.2) is 11.5 Å². The van der Waals surface area contributed by atoms with Gasteiger partial charge in [0.1, 0.15) is 5.75 Å². The van der Waals surface area contributed by atoms with Gasteiger partial charge in [-0.25, -0.2) is 4.57 Å². The second-order valence-corrected chi connectivity index (χ2v) is 4.89. The number of aryl methyl sites for hydroxylation is 1. The Bertz CT molecular complexity index is 378. The van der Waals surface area contributed by atoms with Crippen LogP contribution in [0.3, 0.4) is 0 Å². The summed E-state index contributed by atoms with van der Waals surface area (Å²) in [6.45, 7) is 4.02. The predicted octanol–water partition coefficient (Wildman–Crippen LogP) is 3.29. The van der Waals surface area contributed by atoms with E-state index in [0.29, 0.717) is 5.75 Å². The molecule has 1 atom stereocenters. The molecule has 0 aliphatic rings. The first kappa shape index (κ1) is 13.2. The molecular formula is C11H17O4P. The third-order valence-electron chi connectivity index (χ3n) is 2.06. The van der Waals surface area contributed by atoms with Crippen molar-refractivity contribution >= 4 is 7.82 Å². The number of hydrogen-bond acceptors (Lipinski definition) is 3. The van der Waals surface area contributed by atoms with Gasteiger partial charge in [-0.1, -0.05) is 31.5 Å². The lowest BCUT2D eigenvalue weighted by Gasteiger charge is -2.14. The van der Waals surface area contributed by atoms with Gasteiger partial charge in [0.2, 0.25) is 0 Å². The summed E-state index contributed by atoms with van der Waals surface area (Å²) in [6, 6.07) is 7.03. The normalized spacial score (nSPS) is 14.4. The molecule has 0 saturated carbocycles. The zero-order valence-electron chi connectivity index (χ0n) is 9.55. The van der Waals surface area contributed by atoms with E-state index in [9.17, 15) is 9.46 Å². The van der Waals surface area contributed by atoms with Gasteiger partial charge in [0.25, 0.3) is 0 Å². The van der Waals surface area contributed by atoms with Crippen LogP contribution in [0.25, 0.3) is 0 Å². The van der Waals surface area contributed by atoms with E-state index in [1.165, 1.54) is 0 Å². The Morgan fingerprint density at radius 3 is 2.69 bits per heavy atom. The molecule has 0 saturated heterocycles. The van der Waals surface area contributed by atoms with Crippen molar-refractivity contribution in [2.75, 3.05) is 6.61 Å². The molecule has 90 valence electrons. The Labute approximate surface area is 95.8 Å². The summed E-state index contributed by atoms with van der Waals surface area (Å²) in [5, 5.41) is 0. The third kappa shape index (κ3) is 4.35. The molecule has 0 aliphatic heterocycles. The van der Waals surface area contributed by atoms with Crippen molar-refractivity contribution in [3.8, 4) is 5.75 Å². The van der Waals surface area contributed by atoms with E-state index in [-0.39, 0.29) is 6.61 Å². The van der Waals surface area contributed by atoms with E-state index in [4.69, 9.17) is 9.05 Å². The summed E-state index contributed by atoms with van der Waals surface area (Å²) in [4.78, 5) is 9.43. The number of unbranched alkanes of at least 4 members (excludes halogenated alkanes) is 1. The van der Waals surface area contributed by atoms with Gasteiger partial charge < -0.3 is 4.52 Å². The molecule has 1 N–H and O–H groups in total. The Balaban J connectivity index is 2.59. The van der Waals surface area contributed by atoms with E-state index < -0.39 is 7.82 Å². The quantitative estimate of drug-likeness (QED) is 0.616. The first-order valence-corrected chi connectivity index (χ1v) is 6.77. The average molecular weight is 244 g/mol. The number of hydrogen-bond donors (Lipinski definition) is 1. The van der Waals surface area contributed by atoms with Gasteiger partial charge >= 0.3 is 7.82 Å². The number of phosphoric acid groups is 1. The minimum atomic E-state index is -3.97. The van der Waals surface area contributed by atoms with E-state index in [1.54, 1.807) is 25.1 Å². The van der Waals surface area contributed by atoms with Crippen molar-refractivity contribution < 1.29 is 18.5 Å². The second-order valence-electron chi connectivity index (χ2n) is 3.51. The maximum atomic E-state index is 11.5. The van der Waals surface area contributed by atoms with Crippen LogP contribution in [0.1, 0.15) is 25.3 Å². The molecule has 0 fully saturated rings. The van der Waals surface area contributed by atoms with Crippen LogP contribution in [0.15, 0.2) is 24.3 Å². The van der Waals surface area contributed by atoms with Crippen molar-refractivity contribution in [1.82, 2.24) is 0 Å². The number of phosphoric ester groups is 1. The summed E-state index contributed by atoms with van der Waals surface area (Å²) in [7, 11) is -3.97. The smallest absolute Gasteiger partial charge is 0.404 e. The topological polar surface area (TPSA) is 55.8 Å². The lowest BCUT2D eigenvalue weighted by molar-refractivity contribution is 0.200. The highest BCUT2D eigenvalue weighted by atomic mass is 31.2. The first-order chi connectivity index (χ1) is 7.55. The summed E-state index contributed by atoms with van der Waals surface area (Å²) < 4.78 is 21.3. The van der Waals surface area contributed by atoms with E-state index >= 15 is 0 Å². The molecule has 0 heterocycles. The molecule has 1 rings (SSSR count). The highest BCUT2D eigenvalue weighted by molar-refractivity contribution is 7.47. The number of benzene rings is 1. The first-order valence-electron chi connectivity index (χ1n) is 5.27. The van der Waals surface area contributed by atoms with Gasteiger partial charge in [0.05, 0.1) is 6.61 Å². The van der Waals surface area contributed by atoms with Crippen LogP contribution >= 0.6 is 7.82 Å². The van der Waals surface area contributed by atoms with Gasteiger partial charge in [0.15, 0.2) is 0 Å². The highest BCUT2D eigenvalue weighted by Gasteiger charge is 2.23. The summed E-state index contributed by atoms with van der Waals surface area (Å²) in [5.41, 5.74) is 0.802. The predicted molar refractivity (Wildman–Crippen MR) is 62.5 cm³/mol. The van der Waals surface area contributed by atoms with Crippen molar-refractivity contribution in [1.29, 1.82) is 0 Å². The number of rotatable bonds is 6. The van der Waals surface area contributed by atoms with Gasteiger partial charge in [0, 0.05) is 0 Å². The zero-order chi connectivity index (χ0) is 12.0. The highest BCUT2D eigenvalue weighted by Crippen LogP contribution is 2.44. The Kier molecular flexibility index (Phi) is 5.00. The Morgan fingerprint density at radius 2 is 2.06 bits per heavy atom. The van der Waals surface area contributed by atoms with Crippen LogP contribution < -0.4 is 4.52 Å². The molecule has 1 aromatic rings. The monoisotopic (exact) mass is 244 g/mol. The molecule has 16 heavy (non-hydrogen) atoms. The van der Waals surface area contributed by atoms with E-state index in [2.05, 4.69) is 0 Å². The molecule has 5 heteroatoms. The van der Waals surface area contributed by atoms with Crippen molar-refractivity contribution in [3.63, 3.8) is 0 Å². The zero-order valence-corrected chi connectivity index (χ0v) is 10.4. The Hall–Kier alpha value is -0.830. The van der Waals surface area contributed by atoms with Gasteiger partial charge in [-0.3, -0.25) is 9.42 Å². The van der Waals surface area contributed by atoms with E-state index in [0.717, 1.165) is 18.4 Å². The molecular weight excluding hydrogens is 227 g/mol. The SMILES string of the molecule is CCCCOP(=O)(O)Oc1ccccc1C. The van der Waals surface area contributed by atoms with Crippen LogP contribution in [0.5, 0.6) is 5.75 Å². The molecule has 0 spiro atoms. The van der Waals surface area contributed by atoms with Crippen LogP contribution in [0.2, 0.25) is 0 Å². The minimum Gasteiger partial charge on any atom is -0.404 e. The molecule has 0 amide bonds. The fourth-order valence-corrected chi connectivity index (χ4v) is 2.00. The lowest BCUT2D eigenvalue weighted by Crippen LogP contribution is -1.99. The molecule has 0 bridgehead atoms. The summed E-state index contributed by atoms with van der Waals surface area (Å²) in [6.07, 6.45) is 1.64. The van der Waals surface area contributed by atoms with Crippen LogP contribution in [0.4, 0.5) is 0 Å². The van der Waals surface area contributed by atoms with Crippen LogP contribution in [-0.2, 0) is 9.09 Å². The van der Waals surface area contributed by atoms with Gasteiger partial charge in [-0.2, -0.15) is 0 Å². The maximum absolute atomic E-state index is 11.5. The fraction of sp³-hybridized carbons (Fsp3) is 0.455. The summed E-state index contributed by atoms with van der Waals surface area (Å²) in [5.74, 6) is 0.379. The average Bonchev–Trinajstić information content (AvgIpc) is 2.21. The van der Waals surface area contributed by atoms with E-state index in [1.807, 2.05) is 13.0 Å². The summed E-state index contributed by atoms with van der Waals surface area (Å²) >= 11 is 0. The fourth-order valence-electron chi connectivity index (χ4n) is 1.13. The standard InChI is InChI=1S/C11H17O4P/c1-3-4-9-14-16(12,13)15-11-8-6-5-7-10(11)2/h5-8H,3-4,9H2,1-2H3,(H,12,13). The van der Waals surface area contributed by atoms with Crippen LogP contribution in [0, 0.1) is 6.92 Å². The second kappa shape index (κ2) is 6.04. The Morgan fingerprint density at radius 1 is 1.38 bits per heavy atom. The lowest BCUT2D eigenvalue weighted by atomic mass is 10.2. The molecule has 0 aliphatic carbocycles.